The third kappa shape index (κ3) is 1.85. The van der Waals surface area contributed by atoms with Crippen LogP contribution in [-0.4, -0.2) is 26.2 Å². The highest BCUT2D eigenvalue weighted by Gasteiger charge is 2.20. The first kappa shape index (κ1) is 11.5. The van der Waals surface area contributed by atoms with Gasteiger partial charge in [0.2, 0.25) is 0 Å². The molecule has 0 unspecified atom stereocenters. The Balaban J connectivity index is 1.92. The molecular weight excluding hydrogens is 224 g/mol. The highest BCUT2D eigenvalue weighted by Crippen LogP contribution is 2.38. The van der Waals surface area contributed by atoms with Crippen molar-refractivity contribution in [3.8, 4) is 0 Å². The molecule has 1 aromatic carbocycles. The Hall–Kier alpha value is -1.58. The minimum Gasteiger partial charge on any atom is -0.395 e. The highest BCUT2D eigenvalue weighted by molar-refractivity contribution is 5.89. The van der Waals surface area contributed by atoms with E-state index in [2.05, 4.69) is 21.9 Å². The number of hydrogen-bond donors (Lipinski definition) is 2. The molecule has 4 nitrogen and oxygen atoms in total. The van der Waals surface area contributed by atoms with Crippen LogP contribution in [0.25, 0.3) is 0 Å². The molecule has 0 saturated carbocycles. The van der Waals surface area contributed by atoms with Gasteiger partial charge in [-0.3, -0.25) is 0 Å². The fraction of sp³-hybridized carbons (Fsp3) is 0.571. The summed E-state index contributed by atoms with van der Waals surface area (Å²) < 4.78 is 0. The SMILES string of the molecule is Nc1c(N2CCCC2)ccc(N2CCCC2)c1N. The van der Waals surface area contributed by atoms with Crippen molar-refractivity contribution in [3.63, 3.8) is 0 Å². The van der Waals surface area contributed by atoms with Gasteiger partial charge in [-0.25, -0.2) is 0 Å². The van der Waals surface area contributed by atoms with E-state index >= 15 is 0 Å². The smallest absolute Gasteiger partial charge is 0.0807 e. The molecule has 0 radical (unpaired) electrons. The van der Waals surface area contributed by atoms with Gasteiger partial charge in [0, 0.05) is 26.2 Å². The number of nitrogen functional groups attached to an aromatic ring is 2. The van der Waals surface area contributed by atoms with Crippen LogP contribution in [0.2, 0.25) is 0 Å². The Morgan fingerprint density at radius 1 is 0.667 bits per heavy atom. The first-order valence-electron chi connectivity index (χ1n) is 6.95. The van der Waals surface area contributed by atoms with E-state index in [1.165, 1.54) is 25.7 Å². The molecule has 0 spiro atoms. The van der Waals surface area contributed by atoms with Gasteiger partial charge in [-0.2, -0.15) is 0 Å². The standard InChI is InChI=1S/C14H22N4/c15-13-11(17-7-1-2-8-17)5-6-12(14(13)16)18-9-3-4-10-18/h5-6H,1-4,7-10,15-16H2. The van der Waals surface area contributed by atoms with Crippen molar-refractivity contribution in [2.45, 2.75) is 25.7 Å². The average molecular weight is 246 g/mol. The lowest BCUT2D eigenvalue weighted by atomic mass is 10.1. The second-order valence-corrected chi connectivity index (χ2v) is 5.32. The Morgan fingerprint density at radius 2 is 1.00 bits per heavy atom. The van der Waals surface area contributed by atoms with Gasteiger partial charge in [0.15, 0.2) is 0 Å². The summed E-state index contributed by atoms with van der Waals surface area (Å²) in [4.78, 5) is 4.69. The summed E-state index contributed by atoms with van der Waals surface area (Å²) in [6.45, 7) is 4.42. The van der Waals surface area contributed by atoms with Gasteiger partial charge in [-0.1, -0.05) is 0 Å². The number of benzene rings is 1. The van der Waals surface area contributed by atoms with Crippen molar-refractivity contribution in [1.82, 2.24) is 0 Å². The summed E-state index contributed by atoms with van der Waals surface area (Å²) in [6, 6.07) is 4.29. The Kier molecular flexibility index (Phi) is 2.94. The molecule has 0 bridgehead atoms. The van der Waals surface area contributed by atoms with Crippen LogP contribution in [0.3, 0.4) is 0 Å². The van der Waals surface area contributed by atoms with Gasteiger partial charge in [0.05, 0.1) is 22.7 Å². The molecule has 2 saturated heterocycles. The van der Waals surface area contributed by atoms with Crippen LogP contribution in [0.15, 0.2) is 12.1 Å². The van der Waals surface area contributed by atoms with Crippen LogP contribution in [0.5, 0.6) is 0 Å². The Morgan fingerprint density at radius 3 is 1.33 bits per heavy atom. The largest absolute Gasteiger partial charge is 0.395 e. The number of hydrogen-bond acceptors (Lipinski definition) is 4. The second kappa shape index (κ2) is 4.59. The molecule has 18 heavy (non-hydrogen) atoms. The summed E-state index contributed by atoms with van der Waals surface area (Å²) >= 11 is 0. The molecule has 98 valence electrons. The summed E-state index contributed by atoms with van der Waals surface area (Å²) in [7, 11) is 0. The predicted octanol–water partition coefficient (Wildman–Crippen LogP) is 2.05. The molecule has 3 rings (SSSR count). The van der Waals surface area contributed by atoms with E-state index in [-0.39, 0.29) is 0 Å². The van der Waals surface area contributed by atoms with E-state index in [1.54, 1.807) is 0 Å². The lowest BCUT2D eigenvalue weighted by molar-refractivity contribution is 0.949. The summed E-state index contributed by atoms with van der Waals surface area (Å²) in [5.41, 5.74) is 16.2. The molecule has 1 aromatic rings. The molecule has 0 aromatic heterocycles. The molecule has 2 aliphatic heterocycles. The fourth-order valence-corrected chi connectivity index (χ4v) is 3.08. The van der Waals surface area contributed by atoms with Gasteiger partial charge < -0.3 is 21.3 Å². The van der Waals surface area contributed by atoms with Gasteiger partial charge in [-0.05, 0) is 37.8 Å². The fourth-order valence-electron chi connectivity index (χ4n) is 3.08. The normalized spacial score (nSPS) is 19.8. The highest BCUT2D eigenvalue weighted by atomic mass is 15.2. The van der Waals surface area contributed by atoms with Crippen molar-refractivity contribution < 1.29 is 0 Å². The third-order valence-corrected chi connectivity index (χ3v) is 4.13. The van der Waals surface area contributed by atoms with Crippen molar-refractivity contribution in [2.24, 2.45) is 0 Å². The van der Waals surface area contributed by atoms with Gasteiger partial charge in [0.25, 0.3) is 0 Å². The van der Waals surface area contributed by atoms with E-state index < -0.39 is 0 Å². The molecule has 4 heteroatoms. The van der Waals surface area contributed by atoms with Gasteiger partial charge in [-0.15, -0.1) is 0 Å². The van der Waals surface area contributed by atoms with Crippen LogP contribution in [0.4, 0.5) is 22.7 Å². The van der Waals surface area contributed by atoms with E-state index in [9.17, 15) is 0 Å². The minimum atomic E-state index is 0.765. The number of nitrogens with two attached hydrogens (primary N) is 2. The predicted molar refractivity (Wildman–Crippen MR) is 78.2 cm³/mol. The summed E-state index contributed by atoms with van der Waals surface area (Å²) in [6.07, 6.45) is 5.03. The monoisotopic (exact) mass is 246 g/mol. The van der Waals surface area contributed by atoms with Crippen LogP contribution >= 0.6 is 0 Å². The van der Waals surface area contributed by atoms with Crippen LogP contribution < -0.4 is 21.3 Å². The van der Waals surface area contributed by atoms with Crippen molar-refractivity contribution in [3.05, 3.63) is 12.1 Å². The Labute approximate surface area is 109 Å². The van der Waals surface area contributed by atoms with Crippen LogP contribution in [-0.2, 0) is 0 Å². The number of rotatable bonds is 2. The van der Waals surface area contributed by atoms with Gasteiger partial charge >= 0.3 is 0 Å². The quantitative estimate of drug-likeness (QED) is 0.784. The average Bonchev–Trinajstić information content (AvgIpc) is 3.03. The molecular formula is C14H22N4. The van der Waals surface area contributed by atoms with E-state index in [0.717, 1.165) is 48.9 Å². The zero-order valence-corrected chi connectivity index (χ0v) is 10.9. The maximum atomic E-state index is 6.24. The zero-order chi connectivity index (χ0) is 12.5. The Bertz CT molecular complexity index is 391. The van der Waals surface area contributed by atoms with Crippen LogP contribution in [0.1, 0.15) is 25.7 Å². The molecule has 0 amide bonds. The van der Waals surface area contributed by atoms with E-state index in [0.29, 0.717) is 0 Å². The molecule has 0 atom stereocenters. The molecule has 0 aliphatic carbocycles. The molecule has 2 fully saturated rings. The summed E-state index contributed by atoms with van der Waals surface area (Å²) in [5.74, 6) is 0. The summed E-state index contributed by atoms with van der Waals surface area (Å²) in [5, 5.41) is 0. The van der Waals surface area contributed by atoms with E-state index in [1.807, 2.05) is 0 Å². The van der Waals surface area contributed by atoms with Crippen molar-refractivity contribution >= 4 is 22.7 Å². The van der Waals surface area contributed by atoms with Crippen molar-refractivity contribution in [2.75, 3.05) is 47.4 Å². The third-order valence-electron chi connectivity index (χ3n) is 4.13. The molecule has 2 aliphatic rings. The lowest BCUT2D eigenvalue weighted by Gasteiger charge is -2.25. The topological polar surface area (TPSA) is 58.5 Å². The van der Waals surface area contributed by atoms with E-state index in [4.69, 9.17) is 11.5 Å². The van der Waals surface area contributed by atoms with Crippen molar-refractivity contribution in [1.29, 1.82) is 0 Å². The first-order chi connectivity index (χ1) is 8.77. The number of nitrogens with zero attached hydrogens (tertiary/aromatic N) is 2. The second-order valence-electron chi connectivity index (χ2n) is 5.32. The maximum absolute atomic E-state index is 6.24. The maximum Gasteiger partial charge on any atom is 0.0807 e. The zero-order valence-electron chi connectivity index (χ0n) is 10.9. The number of anilines is 4. The molecule has 2 heterocycles. The van der Waals surface area contributed by atoms with Gasteiger partial charge in [0.1, 0.15) is 0 Å². The lowest BCUT2D eigenvalue weighted by Crippen LogP contribution is -2.22. The van der Waals surface area contributed by atoms with Crippen LogP contribution in [0, 0.1) is 0 Å². The molecule has 4 N–H and O–H groups in total. The minimum absolute atomic E-state index is 0.765. The first-order valence-corrected chi connectivity index (χ1v) is 6.95.